The molecule has 166 valence electrons. The van der Waals surface area contributed by atoms with Crippen LogP contribution in [0.1, 0.15) is 27.2 Å². The van der Waals surface area contributed by atoms with E-state index in [9.17, 15) is 9.59 Å². The lowest BCUT2D eigenvalue weighted by molar-refractivity contribution is -0.117. The zero-order valence-corrected chi connectivity index (χ0v) is 19.7. The molecule has 0 aliphatic rings. The lowest BCUT2D eigenvalue weighted by Crippen LogP contribution is -2.36. The van der Waals surface area contributed by atoms with Crippen LogP contribution in [-0.4, -0.2) is 24.1 Å². The number of halogens is 2. The first-order chi connectivity index (χ1) is 15.5. The van der Waals surface area contributed by atoms with Crippen molar-refractivity contribution in [3.8, 4) is 0 Å². The molecule has 2 N–H and O–H groups in total. The second-order valence-corrected chi connectivity index (χ2v) is 8.77. The van der Waals surface area contributed by atoms with Crippen LogP contribution in [0.4, 0.5) is 0 Å². The van der Waals surface area contributed by atoms with E-state index < -0.39 is 5.91 Å². The van der Waals surface area contributed by atoms with Crippen molar-refractivity contribution in [2.24, 2.45) is 0 Å². The van der Waals surface area contributed by atoms with Gasteiger partial charge in [-0.1, -0.05) is 47.5 Å². The van der Waals surface area contributed by atoms with Crippen molar-refractivity contribution in [2.75, 3.05) is 12.3 Å². The molecule has 1 aromatic heterocycles. The van der Waals surface area contributed by atoms with E-state index in [0.29, 0.717) is 39.4 Å². The van der Waals surface area contributed by atoms with Crippen molar-refractivity contribution in [1.29, 1.82) is 0 Å². The average molecular weight is 489 g/mol. The summed E-state index contributed by atoms with van der Waals surface area (Å²) < 4.78 is 5.30. The molecule has 3 rings (SSSR count). The molecular formula is C24H22Cl2N2O3S. The largest absolute Gasteiger partial charge is 0.465 e. The van der Waals surface area contributed by atoms with Crippen molar-refractivity contribution in [3.63, 3.8) is 0 Å². The molecule has 0 saturated heterocycles. The zero-order chi connectivity index (χ0) is 22.9. The Kier molecular flexibility index (Phi) is 8.85. The Labute approximate surface area is 201 Å². The van der Waals surface area contributed by atoms with Gasteiger partial charge in [0, 0.05) is 39.7 Å². The SMILES string of the molecule is Cc1ccccc1C(=O)N/C(=C\c1ccco1)C(=O)NCCSCc1c(Cl)cccc1Cl. The Hall–Kier alpha value is -2.67. The summed E-state index contributed by atoms with van der Waals surface area (Å²) >= 11 is 14.0. The summed E-state index contributed by atoms with van der Waals surface area (Å²) in [5.74, 6) is 0.974. The number of hydrogen-bond acceptors (Lipinski definition) is 4. The van der Waals surface area contributed by atoms with Crippen LogP contribution in [0, 0.1) is 6.92 Å². The lowest BCUT2D eigenvalue weighted by atomic mass is 10.1. The van der Waals surface area contributed by atoms with Crippen molar-refractivity contribution in [2.45, 2.75) is 12.7 Å². The van der Waals surface area contributed by atoms with Gasteiger partial charge >= 0.3 is 0 Å². The van der Waals surface area contributed by atoms with E-state index >= 15 is 0 Å². The monoisotopic (exact) mass is 488 g/mol. The van der Waals surface area contributed by atoms with Crippen LogP contribution in [0.3, 0.4) is 0 Å². The van der Waals surface area contributed by atoms with E-state index in [2.05, 4.69) is 10.6 Å². The number of carbonyl (C=O) groups is 2. The van der Waals surface area contributed by atoms with Crippen LogP contribution >= 0.6 is 35.0 Å². The fourth-order valence-corrected chi connectivity index (χ4v) is 4.46. The second-order valence-electron chi connectivity index (χ2n) is 6.85. The number of rotatable bonds is 9. The molecule has 0 bridgehead atoms. The molecule has 0 aliphatic heterocycles. The average Bonchev–Trinajstić information content (AvgIpc) is 3.28. The molecule has 8 heteroatoms. The smallest absolute Gasteiger partial charge is 0.267 e. The van der Waals surface area contributed by atoms with Gasteiger partial charge in [-0.25, -0.2) is 0 Å². The third kappa shape index (κ3) is 6.66. The predicted molar refractivity (Wildman–Crippen MR) is 131 cm³/mol. The Morgan fingerprint density at radius 1 is 1.03 bits per heavy atom. The second kappa shape index (κ2) is 11.8. The summed E-state index contributed by atoms with van der Waals surface area (Å²) in [6.45, 7) is 2.24. The zero-order valence-electron chi connectivity index (χ0n) is 17.4. The minimum absolute atomic E-state index is 0.104. The first-order valence-electron chi connectivity index (χ1n) is 9.86. The highest BCUT2D eigenvalue weighted by molar-refractivity contribution is 7.98. The van der Waals surface area contributed by atoms with E-state index in [4.69, 9.17) is 27.6 Å². The fourth-order valence-electron chi connectivity index (χ4n) is 2.87. The number of aryl methyl sites for hydroxylation is 1. The maximum absolute atomic E-state index is 12.8. The molecular weight excluding hydrogens is 467 g/mol. The van der Waals surface area contributed by atoms with E-state index in [-0.39, 0.29) is 11.6 Å². The van der Waals surface area contributed by atoms with Gasteiger partial charge in [-0.15, -0.1) is 0 Å². The summed E-state index contributed by atoms with van der Waals surface area (Å²) in [7, 11) is 0. The molecule has 0 fully saturated rings. The van der Waals surface area contributed by atoms with Crippen LogP contribution in [0.25, 0.3) is 6.08 Å². The van der Waals surface area contributed by atoms with Gasteiger partial charge in [-0.2, -0.15) is 11.8 Å². The van der Waals surface area contributed by atoms with Crippen LogP contribution in [0.2, 0.25) is 10.0 Å². The molecule has 1 heterocycles. The quantitative estimate of drug-likeness (QED) is 0.298. The molecule has 32 heavy (non-hydrogen) atoms. The van der Waals surface area contributed by atoms with E-state index in [1.54, 1.807) is 54.2 Å². The molecule has 2 aromatic carbocycles. The van der Waals surface area contributed by atoms with Gasteiger partial charge in [0.05, 0.1) is 6.26 Å². The van der Waals surface area contributed by atoms with Crippen molar-refractivity contribution < 1.29 is 14.0 Å². The van der Waals surface area contributed by atoms with Gasteiger partial charge in [0.1, 0.15) is 11.5 Å². The molecule has 5 nitrogen and oxygen atoms in total. The Morgan fingerprint density at radius 3 is 2.47 bits per heavy atom. The molecule has 0 unspecified atom stereocenters. The normalized spacial score (nSPS) is 11.3. The number of amides is 2. The first kappa shape index (κ1) is 24.0. The highest BCUT2D eigenvalue weighted by Crippen LogP contribution is 2.28. The van der Waals surface area contributed by atoms with E-state index in [0.717, 1.165) is 11.1 Å². The number of carbonyl (C=O) groups excluding carboxylic acids is 2. The van der Waals surface area contributed by atoms with Crippen LogP contribution in [0.5, 0.6) is 0 Å². The van der Waals surface area contributed by atoms with Gasteiger partial charge in [0.15, 0.2) is 0 Å². The highest BCUT2D eigenvalue weighted by Gasteiger charge is 2.16. The Balaban J connectivity index is 1.59. The maximum atomic E-state index is 12.8. The summed E-state index contributed by atoms with van der Waals surface area (Å²) in [6.07, 6.45) is 3.00. The highest BCUT2D eigenvalue weighted by atomic mass is 35.5. The van der Waals surface area contributed by atoms with Gasteiger partial charge in [0.25, 0.3) is 11.8 Å². The lowest BCUT2D eigenvalue weighted by Gasteiger charge is -2.12. The van der Waals surface area contributed by atoms with E-state index in [1.807, 2.05) is 19.1 Å². The summed E-state index contributed by atoms with van der Waals surface area (Å²) in [5, 5.41) is 6.78. The van der Waals surface area contributed by atoms with Crippen molar-refractivity contribution >= 4 is 52.9 Å². The van der Waals surface area contributed by atoms with Crippen LogP contribution in [0.15, 0.2) is 71.0 Å². The minimum Gasteiger partial charge on any atom is -0.465 e. The van der Waals surface area contributed by atoms with Gasteiger partial charge in [-0.3, -0.25) is 9.59 Å². The van der Waals surface area contributed by atoms with Gasteiger partial charge < -0.3 is 15.1 Å². The predicted octanol–water partition coefficient (Wildman–Crippen LogP) is 5.72. The standard InChI is InChI=1S/C24H22Cl2N2O3S/c1-16-6-2-3-8-18(16)23(29)28-22(14-17-7-5-12-31-17)24(30)27-11-13-32-15-19-20(25)9-4-10-21(19)26/h2-10,12,14H,11,13,15H2,1H3,(H,27,30)(H,28,29)/b22-14-. The van der Waals surface area contributed by atoms with Crippen LogP contribution < -0.4 is 10.6 Å². The molecule has 0 spiro atoms. The van der Waals surface area contributed by atoms with Crippen LogP contribution in [-0.2, 0) is 10.5 Å². The topological polar surface area (TPSA) is 71.3 Å². The number of thioether (sulfide) groups is 1. The number of furan rings is 1. The third-order valence-corrected chi connectivity index (χ3v) is 6.25. The van der Waals surface area contributed by atoms with Crippen molar-refractivity contribution in [3.05, 3.63) is 99.1 Å². The Bertz CT molecular complexity index is 1090. The summed E-state index contributed by atoms with van der Waals surface area (Å²) in [4.78, 5) is 25.5. The Morgan fingerprint density at radius 2 is 1.78 bits per heavy atom. The van der Waals surface area contributed by atoms with Gasteiger partial charge in [0.2, 0.25) is 0 Å². The molecule has 0 radical (unpaired) electrons. The third-order valence-electron chi connectivity index (χ3n) is 4.55. The minimum atomic E-state index is -0.403. The van der Waals surface area contributed by atoms with Crippen molar-refractivity contribution in [1.82, 2.24) is 10.6 Å². The fraction of sp³-hybridized carbons (Fsp3) is 0.167. The summed E-state index contributed by atoms with van der Waals surface area (Å²) in [6, 6.07) is 16.0. The number of nitrogens with one attached hydrogen (secondary N) is 2. The first-order valence-corrected chi connectivity index (χ1v) is 11.8. The molecule has 0 saturated carbocycles. The number of benzene rings is 2. The van der Waals surface area contributed by atoms with Gasteiger partial charge in [-0.05, 0) is 48.4 Å². The molecule has 2 amide bonds. The molecule has 0 atom stereocenters. The maximum Gasteiger partial charge on any atom is 0.267 e. The molecule has 0 aliphatic carbocycles. The molecule has 3 aromatic rings. The number of hydrogen-bond donors (Lipinski definition) is 2. The van der Waals surface area contributed by atoms with E-state index in [1.165, 1.54) is 12.3 Å². The summed E-state index contributed by atoms with van der Waals surface area (Å²) in [5.41, 5.74) is 2.29.